The van der Waals surface area contributed by atoms with Crippen LogP contribution in [0.2, 0.25) is 0 Å². The Balaban J connectivity index is 2.44. The van der Waals surface area contributed by atoms with E-state index in [1.165, 1.54) is 18.3 Å². The summed E-state index contributed by atoms with van der Waals surface area (Å²) in [6.45, 7) is 3.69. The van der Waals surface area contributed by atoms with Crippen molar-refractivity contribution in [3.63, 3.8) is 0 Å². The maximum Gasteiger partial charge on any atom is 0.354 e. The summed E-state index contributed by atoms with van der Waals surface area (Å²) in [5.74, 6) is -1.63. The molecule has 0 unspecified atom stereocenters. The molecule has 0 bridgehead atoms. The Hall–Kier alpha value is -2.35. The molecule has 20 heavy (non-hydrogen) atoms. The van der Waals surface area contributed by atoms with Crippen molar-refractivity contribution in [2.45, 2.75) is 4.90 Å². The van der Waals surface area contributed by atoms with Crippen LogP contribution < -0.4 is 10.6 Å². The molecule has 3 N–H and O–H groups in total. The first-order chi connectivity index (χ1) is 9.52. The second-order valence-corrected chi connectivity index (χ2v) is 4.57. The maximum absolute atomic E-state index is 11.5. The summed E-state index contributed by atoms with van der Waals surface area (Å²) in [4.78, 5) is 37.6. The fourth-order valence-electron chi connectivity index (χ4n) is 1.14. The Bertz CT molecular complexity index is 533. The van der Waals surface area contributed by atoms with Gasteiger partial charge in [0.1, 0.15) is 5.69 Å². The predicted octanol–water partition coefficient (Wildman–Crippen LogP) is 0.884. The SMILES string of the molecule is C=CCNC(=O)NC(=O)CSc1ccnc(C(=O)O)c1. The van der Waals surface area contributed by atoms with Gasteiger partial charge in [0.05, 0.1) is 5.75 Å². The number of aromatic nitrogens is 1. The van der Waals surface area contributed by atoms with Crippen molar-refractivity contribution in [1.82, 2.24) is 15.6 Å². The van der Waals surface area contributed by atoms with Crippen LogP contribution in [0.15, 0.2) is 35.9 Å². The molecule has 1 rings (SSSR count). The summed E-state index contributed by atoms with van der Waals surface area (Å²) in [6, 6.07) is 2.34. The Morgan fingerprint density at radius 1 is 1.45 bits per heavy atom. The van der Waals surface area contributed by atoms with E-state index in [0.717, 1.165) is 11.8 Å². The minimum absolute atomic E-state index is 0.00934. The molecular formula is C12H13N3O4S. The van der Waals surface area contributed by atoms with Crippen molar-refractivity contribution in [3.8, 4) is 0 Å². The molecule has 0 aliphatic carbocycles. The predicted molar refractivity (Wildman–Crippen MR) is 73.7 cm³/mol. The number of carboxylic acid groups (broad SMARTS) is 1. The van der Waals surface area contributed by atoms with Gasteiger partial charge in [-0.2, -0.15) is 0 Å². The number of carbonyl (C=O) groups excluding carboxylic acids is 2. The summed E-state index contributed by atoms with van der Waals surface area (Å²) in [7, 11) is 0. The first kappa shape index (κ1) is 15.7. The number of nitrogens with zero attached hydrogens (tertiary/aromatic N) is 1. The highest BCUT2D eigenvalue weighted by Crippen LogP contribution is 2.17. The third-order valence-electron chi connectivity index (χ3n) is 1.98. The van der Waals surface area contributed by atoms with E-state index in [4.69, 9.17) is 5.11 Å². The molecule has 3 amide bonds. The van der Waals surface area contributed by atoms with Crippen LogP contribution in [0.5, 0.6) is 0 Å². The zero-order valence-corrected chi connectivity index (χ0v) is 11.3. The number of hydrogen-bond acceptors (Lipinski definition) is 5. The highest BCUT2D eigenvalue weighted by Gasteiger charge is 2.09. The molecule has 1 aromatic heterocycles. The van der Waals surface area contributed by atoms with Crippen molar-refractivity contribution in [2.24, 2.45) is 0 Å². The summed E-state index contributed by atoms with van der Waals surface area (Å²) in [5.41, 5.74) is -0.0980. The van der Waals surface area contributed by atoms with Crippen molar-refractivity contribution in [1.29, 1.82) is 0 Å². The first-order valence-electron chi connectivity index (χ1n) is 5.53. The molecule has 106 valence electrons. The zero-order valence-electron chi connectivity index (χ0n) is 10.5. The molecule has 1 heterocycles. The Morgan fingerprint density at radius 3 is 2.85 bits per heavy atom. The van der Waals surface area contributed by atoms with Crippen molar-refractivity contribution >= 4 is 29.7 Å². The molecule has 0 atom stereocenters. The Kier molecular flexibility index (Phi) is 6.24. The lowest BCUT2D eigenvalue weighted by Gasteiger charge is -2.05. The van der Waals surface area contributed by atoms with E-state index in [-0.39, 0.29) is 18.0 Å². The van der Waals surface area contributed by atoms with Crippen LogP contribution in [-0.4, -0.2) is 40.3 Å². The second-order valence-electron chi connectivity index (χ2n) is 3.52. The van der Waals surface area contributed by atoms with Gasteiger partial charge in [0.25, 0.3) is 0 Å². The van der Waals surface area contributed by atoms with Crippen LogP contribution in [0, 0.1) is 0 Å². The van der Waals surface area contributed by atoms with Crippen molar-refractivity contribution in [2.75, 3.05) is 12.3 Å². The summed E-state index contributed by atoms with van der Waals surface area (Å²) in [6.07, 6.45) is 2.84. The van der Waals surface area contributed by atoms with Gasteiger partial charge in [-0.15, -0.1) is 18.3 Å². The van der Waals surface area contributed by atoms with Gasteiger partial charge in [0, 0.05) is 17.6 Å². The third kappa shape index (κ3) is 5.53. The molecule has 0 fully saturated rings. The number of hydrogen-bond donors (Lipinski definition) is 3. The van der Waals surface area contributed by atoms with Gasteiger partial charge in [0.2, 0.25) is 5.91 Å². The molecule has 0 radical (unpaired) electrons. The Labute approximate surface area is 119 Å². The number of amides is 3. The molecule has 8 heteroatoms. The average molecular weight is 295 g/mol. The smallest absolute Gasteiger partial charge is 0.354 e. The number of aromatic carboxylic acids is 1. The lowest BCUT2D eigenvalue weighted by molar-refractivity contribution is -0.117. The van der Waals surface area contributed by atoms with Gasteiger partial charge in [-0.3, -0.25) is 10.1 Å². The highest BCUT2D eigenvalue weighted by atomic mass is 32.2. The maximum atomic E-state index is 11.5. The monoisotopic (exact) mass is 295 g/mol. The lowest BCUT2D eigenvalue weighted by Crippen LogP contribution is -2.40. The summed E-state index contributed by atoms with van der Waals surface area (Å²) >= 11 is 1.11. The number of urea groups is 1. The second kappa shape index (κ2) is 7.95. The van der Waals surface area contributed by atoms with E-state index in [9.17, 15) is 14.4 Å². The quantitative estimate of drug-likeness (QED) is 0.531. The number of rotatable bonds is 6. The number of imide groups is 1. The number of carboxylic acids is 1. The molecule has 0 saturated heterocycles. The number of pyridine rings is 1. The number of nitrogens with one attached hydrogen (secondary N) is 2. The molecular weight excluding hydrogens is 282 g/mol. The van der Waals surface area contributed by atoms with Crippen LogP contribution in [0.25, 0.3) is 0 Å². The molecule has 0 aliphatic rings. The van der Waals surface area contributed by atoms with Crippen LogP contribution in [-0.2, 0) is 4.79 Å². The number of thioether (sulfide) groups is 1. The normalized spacial score (nSPS) is 9.60. The van der Waals surface area contributed by atoms with Gasteiger partial charge in [-0.1, -0.05) is 6.08 Å². The molecule has 0 aliphatic heterocycles. The van der Waals surface area contributed by atoms with Crippen LogP contribution in [0.3, 0.4) is 0 Å². The topological polar surface area (TPSA) is 108 Å². The van der Waals surface area contributed by atoms with E-state index >= 15 is 0 Å². The van der Waals surface area contributed by atoms with Gasteiger partial charge in [-0.25, -0.2) is 14.6 Å². The molecule has 0 spiro atoms. The zero-order chi connectivity index (χ0) is 15.0. The fourth-order valence-corrected chi connectivity index (χ4v) is 1.86. The minimum atomic E-state index is -1.14. The minimum Gasteiger partial charge on any atom is -0.477 e. The molecule has 1 aromatic rings. The first-order valence-corrected chi connectivity index (χ1v) is 6.52. The van der Waals surface area contributed by atoms with Gasteiger partial charge >= 0.3 is 12.0 Å². The van der Waals surface area contributed by atoms with Crippen LogP contribution >= 0.6 is 11.8 Å². The average Bonchev–Trinajstić information content (AvgIpc) is 2.43. The van der Waals surface area contributed by atoms with Gasteiger partial charge in [-0.05, 0) is 12.1 Å². The van der Waals surface area contributed by atoms with E-state index in [1.807, 2.05) is 0 Å². The lowest BCUT2D eigenvalue weighted by atomic mass is 10.3. The molecule has 7 nitrogen and oxygen atoms in total. The fraction of sp³-hybridized carbons (Fsp3) is 0.167. The molecule has 0 aromatic carbocycles. The molecule has 0 saturated carbocycles. The Morgan fingerprint density at radius 2 is 2.20 bits per heavy atom. The van der Waals surface area contributed by atoms with Crippen molar-refractivity contribution < 1.29 is 19.5 Å². The summed E-state index contributed by atoms with van der Waals surface area (Å²) in [5, 5.41) is 13.3. The number of carbonyl (C=O) groups is 3. The van der Waals surface area contributed by atoms with Gasteiger partial charge in [0.15, 0.2) is 0 Å². The van der Waals surface area contributed by atoms with E-state index < -0.39 is 17.9 Å². The van der Waals surface area contributed by atoms with Gasteiger partial charge < -0.3 is 10.4 Å². The van der Waals surface area contributed by atoms with Crippen molar-refractivity contribution in [3.05, 3.63) is 36.7 Å². The van der Waals surface area contributed by atoms with Crippen LogP contribution in [0.4, 0.5) is 4.79 Å². The van der Waals surface area contributed by atoms with E-state index in [1.54, 1.807) is 6.07 Å². The highest BCUT2D eigenvalue weighted by molar-refractivity contribution is 8.00. The van der Waals surface area contributed by atoms with E-state index in [0.29, 0.717) is 4.90 Å². The largest absolute Gasteiger partial charge is 0.477 e. The standard InChI is InChI=1S/C12H13N3O4S/c1-2-4-14-12(19)15-10(16)7-20-8-3-5-13-9(6-8)11(17)18/h2-3,5-6H,1,4,7H2,(H,17,18)(H2,14,15,16,19). The summed E-state index contributed by atoms with van der Waals surface area (Å²) < 4.78 is 0. The van der Waals surface area contributed by atoms with Crippen LogP contribution in [0.1, 0.15) is 10.5 Å². The van der Waals surface area contributed by atoms with E-state index in [2.05, 4.69) is 22.2 Å². The third-order valence-corrected chi connectivity index (χ3v) is 2.97.